The Balaban J connectivity index is 0.000000461. The van der Waals surface area contributed by atoms with Crippen LogP contribution in [0.2, 0.25) is 0 Å². The van der Waals surface area contributed by atoms with Gasteiger partial charge in [0.1, 0.15) is 0 Å². The lowest BCUT2D eigenvalue weighted by Gasteiger charge is -2.36. The molecule has 0 saturated heterocycles. The van der Waals surface area contributed by atoms with Crippen LogP contribution in [0, 0.1) is 0 Å². The number of hydrogen-bond donors (Lipinski definition) is 0. The average Bonchev–Trinajstić information content (AvgIpc) is 2.56. The summed E-state index contributed by atoms with van der Waals surface area (Å²) in [4.78, 5) is 4.48. The van der Waals surface area contributed by atoms with Crippen LogP contribution in [-0.4, -0.2) is 14.1 Å². The molecule has 2 nitrogen and oxygen atoms in total. The van der Waals surface area contributed by atoms with Gasteiger partial charge in [0.2, 0.25) is 0 Å². The number of anilines is 4. The summed E-state index contributed by atoms with van der Waals surface area (Å²) < 4.78 is 0. The quantitative estimate of drug-likeness (QED) is 0.616. The van der Waals surface area contributed by atoms with Gasteiger partial charge in [0.15, 0.2) is 0 Å². The normalized spacial score (nSPS) is 11.3. The van der Waals surface area contributed by atoms with E-state index < -0.39 is 0 Å². The molecular weight excluding hydrogens is 244 g/mol. The van der Waals surface area contributed by atoms with Gasteiger partial charge in [-0.05, 0) is 24.3 Å². The largest absolute Gasteiger partial charge is 0.341 e. The molecule has 2 heteroatoms. The van der Waals surface area contributed by atoms with Crippen molar-refractivity contribution >= 4 is 22.7 Å². The molecule has 20 heavy (non-hydrogen) atoms. The van der Waals surface area contributed by atoms with Crippen molar-refractivity contribution in [1.82, 2.24) is 0 Å². The monoisotopic (exact) mass is 270 g/mol. The molecule has 108 valence electrons. The maximum Gasteiger partial charge on any atom is 0.0649 e. The number of hydrogen-bond acceptors (Lipinski definition) is 2. The van der Waals surface area contributed by atoms with Gasteiger partial charge in [0, 0.05) is 14.1 Å². The molecule has 0 bridgehead atoms. The van der Waals surface area contributed by atoms with Crippen molar-refractivity contribution in [3.8, 4) is 0 Å². The number of rotatable bonds is 0. The summed E-state index contributed by atoms with van der Waals surface area (Å²) in [5, 5.41) is 0. The van der Waals surface area contributed by atoms with Gasteiger partial charge in [-0.2, -0.15) is 0 Å². The van der Waals surface area contributed by atoms with E-state index in [1.807, 2.05) is 27.7 Å². The lowest BCUT2D eigenvalue weighted by atomic mass is 10.1. The van der Waals surface area contributed by atoms with Crippen LogP contribution < -0.4 is 9.80 Å². The number of benzene rings is 2. The fourth-order valence-electron chi connectivity index (χ4n) is 2.32. The molecule has 1 aliphatic heterocycles. The van der Waals surface area contributed by atoms with Gasteiger partial charge in [-0.3, -0.25) is 0 Å². The second-order valence-electron chi connectivity index (χ2n) is 4.10. The maximum atomic E-state index is 2.24. The molecule has 0 atom stereocenters. The zero-order chi connectivity index (χ0) is 15.1. The van der Waals surface area contributed by atoms with Crippen molar-refractivity contribution in [2.45, 2.75) is 27.7 Å². The predicted octanol–water partition coefficient (Wildman–Crippen LogP) is 5.59. The van der Waals surface area contributed by atoms with E-state index in [4.69, 9.17) is 0 Å². The Morgan fingerprint density at radius 1 is 0.500 bits per heavy atom. The van der Waals surface area contributed by atoms with Crippen molar-refractivity contribution in [1.29, 1.82) is 0 Å². The molecular formula is C18H26N2. The Kier molecular flexibility index (Phi) is 6.10. The van der Waals surface area contributed by atoms with Crippen LogP contribution in [0.4, 0.5) is 22.7 Å². The maximum absolute atomic E-state index is 2.24. The first-order chi connectivity index (χ1) is 9.79. The van der Waals surface area contributed by atoms with E-state index in [2.05, 4.69) is 72.4 Å². The minimum Gasteiger partial charge on any atom is -0.341 e. The minimum atomic E-state index is 1.25. The van der Waals surface area contributed by atoms with Crippen molar-refractivity contribution in [3.63, 3.8) is 0 Å². The molecule has 0 saturated carbocycles. The lowest BCUT2D eigenvalue weighted by Crippen LogP contribution is -2.23. The van der Waals surface area contributed by atoms with Crippen LogP contribution in [0.15, 0.2) is 48.5 Å². The first-order valence-electron chi connectivity index (χ1n) is 7.44. The molecule has 2 aromatic carbocycles. The Labute approximate surface area is 123 Å². The minimum absolute atomic E-state index is 1.25. The van der Waals surface area contributed by atoms with E-state index in [0.29, 0.717) is 0 Å². The van der Waals surface area contributed by atoms with Gasteiger partial charge in [-0.25, -0.2) is 0 Å². The molecule has 3 rings (SSSR count). The molecule has 2 aromatic rings. The van der Waals surface area contributed by atoms with Gasteiger partial charge >= 0.3 is 0 Å². The summed E-state index contributed by atoms with van der Waals surface area (Å²) in [6.45, 7) is 8.00. The highest BCUT2D eigenvalue weighted by molar-refractivity contribution is 5.92. The molecule has 1 aliphatic rings. The number of para-hydroxylation sites is 4. The van der Waals surface area contributed by atoms with E-state index in [1.165, 1.54) is 22.7 Å². The molecule has 0 spiro atoms. The summed E-state index contributed by atoms with van der Waals surface area (Å²) in [5.41, 5.74) is 5.01. The Morgan fingerprint density at radius 3 is 0.900 bits per heavy atom. The van der Waals surface area contributed by atoms with Crippen LogP contribution in [0.25, 0.3) is 0 Å². The van der Waals surface area contributed by atoms with E-state index in [0.717, 1.165) is 0 Å². The number of fused-ring (bicyclic) bond motifs is 2. The average molecular weight is 270 g/mol. The summed E-state index contributed by atoms with van der Waals surface area (Å²) >= 11 is 0. The van der Waals surface area contributed by atoms with Crippen molar-refractivity contribution in [3.05, 3.63) is 48.5 Å². The van der Waals surface area contributed by atoms with Crippen LogP contribution >= 0.6 is 0 Å². The Bertz CT molecular complexity index is 439. The SMILES string of the molecule is CC.CC.CN1c2ccccc2N(C)c2ccccc21. The standard InChI is InChI=1S/C14H14N2.2C2H6/c1-15-11-7-3-5-9-13(11)16(2)14-10-6-4-8-12(14)15;2*1-2/h3-10H,1-2H3;2*1-2H3. The van der Waals surface area contributed by atoms with Gasteiger partial charge in [-0.15, -0.1) is 0 Å². The molecule has 0 aromatic heterocycles. The van der Waals surface area contributed by atoms with Crippen LogP contribution in [0.5, 0.6) is 0 Å². The molecule has 0 N–H and O–H groups in total. The smallest absolute Gasteiger partial charge is 0.0649 e. The second-order valence-corrected chi connectivity index (χ2v) is 4.10. The highest BCUT2D eigenvalue weighted by Crippen LogP contribution is 2.45. The first kappa shape index (κ1) is 16.1. The van der Waals surface area contributed by atoms with Crippen molar-refractivity contribution in [2.24, 2.45) is 0 Å². The zero-order valence-electron chi connectivity index (χ0n) is 13.5. The van der Waals surface area contributed by atoms with E-state index in [-0.39, 0.29) is 0 Å². The van der Waals surface area contributed by atoms with E-state index >= 15 is 0 Å². The molecule has 0 amide bonds. The first-order valence-corrected chi connectivity index (χ1v) is 7.44. The third-order valence-corrected chi connectivity index (χ3v) is 3.21. The third kappa shape index (κ3) is 2.79. The van der Waals surface area contributed by atoms with Crippen molar-refractivity contribution < 1.29 is 0 Å². The van der Waals surface area contributed by atoms with Gasteiger partial charge < -0.3 is 9.80 Å². The topological polar surface area (TPSA) is 6.48 Å². The fourth-order valence-corrected chi connectivity index (χ4v) is 2.32. The molecule has 0 fully saturated rings. The highest BCUT2D eigenvalue weighted by atomic mass is 15.2. The van der Waals surface area contributed by atoms with Crippen LogP contribution in [0.3, 0.4) is 0 Å². The second kappa shape index (κ2) is 7.59. The number of nitrogens with zero attached hydrogens (tertiary/aromatic N) is 2. The summed E-state index contributed by atoms with van der Waals surface area (Å²) in [7, 11) is 4.23. The molecule has 0 unspecified atom stereocenters. The van der Waals surface area contributed by atoms with Crippen LogP contribution in [-0.2, 0) is 0 Å². The van der Waals surface area contributed by atoms with Crippen LogP contribution in [0.1, 0.15) is 27.7 Å². The molecule has 1 heterocycles. The van der Waals surface area contributed by atoms with Gasteiger partial charge in [-0.1, -0.05) is 52.0 Å². The molecule has 0 aliphatic carbocycles. The Hall–Kier alpha value is -1.96. The highest BCUT2D eigenvalue weighted by Gasteiger charge is 2.22. The lowest BCUT2D eigenvalue weighted by molar-refractivity contribution is 1.10. The van der Waals surface area contributed by atoms with Crippen molar-refractivity contribution in [2.75, 3.05) is 23.9 Å². The fraction of sp³-hybridized carbons (Fsp3) is 0.333. The van der Waals surface area contributed by atoms with E-state index in [9.17, 15) is 0 Å². The molecule has 0 radical (unpaired) electrons. The zero-order valence-corrected chi connectivity index (χ0v) is 13.5. The summed E-state index contributed by atoms with van der Waals surface area (Å²) in [6, 6.07) is 16.9. The van der Waals surface area contributed by atoms with E-state index in [1.54, 1.807) is 0 Å². The summed E-state index contributed by atoms with van der Waals surface area (Å²) in [5.74, 6) is 0. The van der Waals surface area contributed by atoms with Gasteiger partial charge in [0.05, 0.1) is 22.7 Å². The Morgan fingerprint density at radius 2 is 0.700 bits per heavy atom. The summed E-state index contributed by atoms with van der Waals surface area (Å²) in [6.07, 6.45) is 0. The third-order valence-electron chi connectivity index (χ3n) is 3.21. The van der Waals surface area contributed by atoms with Gasteiger partial charge in [0.25, 0.3) is 0 Å². The predicted molar refractivity (Wildman–Crippen MR) is 91.7 cm³/mol.